The van der Waals surface area contributed by atoms with E-state index in [1.54, 1.807) is 18.2 Å². The highest BCUT2D eigenvalue weighted by Gasteiger charge is 2.19. The Kier molecular flexibility index (Phi) is 5.57. The summed E-state index contributed by atoms with van der Waals surface area (Å²) in [6, 6.07) is 13.4. The predicted octanol–water partition coefficient (Wildman–Crippen LogP) is 4.03. The fourth-order valence-electron chi connectivity index (χ4n) is 3.30. The number of fused-ring (bicyclic) bond motifs is 1. The first-order chi connectivity index (χ1) is 14.3. The molecule has 0 bridgehead atoms. The molecular weight excluding hydrogens is 468 g/mol. The van der Waals surface area contributed by atoms with Crippen LogP contribution < -0.4 is 10.0 Å². The molecule has 0 radical (unpaired) electrons. The van der Waals surface area contributed by atoms with Crippen molar-refractivity contribution >= 4 is 54.3 Å². The van der Waals surface area contributed by atoms with Gasteiger partial charge in [0.15, 0.2) is 0 Å². The second kappa shape index (κ2) is 8.16. The number of carbonyl (C=O) groups is 1. The Labute approximate surface area is 182 Å². The maximum atomic E-state index is 13.0. The lowest BCUT2D eigenvalue weighted by Gasteiger charge is -2.11. The maximum absolute atomic E-state index is 13.0. The van der Waals surface area contributed by atoms with Crippen molar-refractivity contribution in [1.82, 2.24) is 9.71 Å². The van der Waals surface area contributed by atoms with E-state index >= 15 is 0 Å². The number of rotatable bonds is 4. The molecule has 2 heterocycles. The number of anilines is 1. The van der Waals surface area contributed by atoms with Gasteiger partial charge in [-0.1, -0.05) is 28.1 Å². The van der Waals surface area contributed by atoms with Crippen molar-refractivity contribution in [3.05, 3.63) is 64.3 Å². The molecule has 1 aliphatic rings. The largest absolute Gasteiger partial charge is 0.322 e. The first-order valence-corrected chi connectivity index (χ1v) is 11.6. The van der Waals surface area contributed by atoms with E-state index < -0.39 is 10.0 Å². The Bertz CT molecular complexity index is 1280. The summed E-state index contributed by atoms with van der Waals surface area (Å²) in [5.41, 5.74) is 2.27. The van der Waals surface area contributed by atoms with E-state index in [9.17, 15) is 13.2 Å². The van der Waals surface area contributed by atoms with E-state index in [2.05, 4.69) is 35.9 Å². The van der Waals surface area contributed by atoms with Gasteiger partial charge in [0.25, 0.3) is 15.9 Å². The van der Waals surface area contributed by atoms with E-state index in [-0.39, 0.29) is 10.8 Å². The quantitative estimate of drug-likeness (QED) is 0.581. The average molecular weight is 487 g/mol. The van der Waals surface area contributed by atoms with Crippen molar-refractivity contribution in [2.75, 3.05) is 11.9 Å². The molecule has 0 spiro atoms. The lowest BCUT2D eigenvalue weighted by Crippen LogP contribution is -2.29. The monoisotopic (exact) mass is 486 g/mol. The minimum absolute atomic E-state index is 0.0644. The van der Waals surface area contributed by atoms with Crippen molar-refractivity contribution in [2.24, 2.45) is 4.99 Å². The lowest BCUT2D eigenvalue weighted by molar-refractivity contribution is 0.102. The summed E-state index contributed by atoms with van der Waals surface area (Å²) >= 11 is 3.42. The average Bonchev–Trinajstić information content (AvgIpc) is 3.19. The zero-order valence-electron chi connectivity index (χ0n) is 16.1. The van der Waals surface area contributed by atoms with Gasteiger partial charge in [-0.2, -0.15) is 0 Å². The van der Waals surface area contributed by atoms with Gasteiger partial charge in [-0.05, 0) is 49.7 Å². The van der Waals surface area contributed by atoms with Crippen molar-refractivity contribution in [2.45, 2.75) is 24.7 Å². The van der Waals surface area contributed by atoms with Crippen LogP contribution in [0.4, 0.5) is 5.69 Å². The van der Waals surface area contributed by atoms with Crippen molar-refractivity contribution < 1.29 is 13.2 Å². The minimum Gasteiger partial charge on any atom is -0.322 e. The van der Waals surface area contributed by atoms with Crippen molar-refractivity contribution in [3.63, 3.8) is 0 Å². The SMILES string of the molecule is Cc1cc(C(=O)Nc2cccc(S(=O)(=O)NC3=NCCC3)c2)c2ccc(Br)cc2n1. The number of carbonyl (C=O) groups excluding carboxylic acids is 1. The number of benzene rings is 2. The summed E-state index contributed by atoms with van der Waals surface area (Å²) in [4.78, 5) is 21.7. The first kappa shape index (κ1) is 20.5. The molecule has 4 rings (SSSR count). The molecule has 9 heteroatoms. The number of halogens is 1. The second-order valence-corrected chi connectivity index (χ2v) is 9.59. The van der Waals surface area contributed by atoms with Crippen LogP contribution >= 0.6 is 15.9 Å². The van der Waals surface area contributed by atoms with Gasteiger partial charge in [0.2, 0.25) is 0 Å². The third kappa shape index (κ3) is 4.36. The van der Waals surface area contributed by atoms with Crippen LogP contribution in [0.25, 0.3) is 10.9 Å². The van der Waals surface area contributed by atoms with E-state index in [1.807, 2.05) is 25.1 Å². The fraction of sp³-hybridized carbons (Fsp3) is 0.190. The van der Waals surface area contributed by atoms with Crippen LogP contribution in [0.15, 0.2) is 62.9 Å². The van der Waals surface area contributed by atoms with E-state index in [4.69, 9.17) is 0 Å². The molecule has 2 N–H and O–H groups in total. The standard InChI is InChI=1S/C21H19BrN4O3S/c1-13-10-18(17-8-7-14(22)11-19(17)24-13)21(27)25-15-4-2-5-16(12-15)30(28,29)26-20-6-3-9-23-20/h2,4-5,7-8,10-12H,3,6,9H2,1H3,(H,23,26)(H,25,27). The van der Waals surface area contributed by atoms with E-state index in [0.29, 0.717) is 46.6 Å². The molecule has 30 heavy (non-hydrogen) atoms. The summed E-state index contributed by atoms with van der Waals surface area (Å²) in [6.45, 7) is 2.45. The normalized spacial score (nSPS) is 13.9. The molecule has 7 nitrogen and oxygen atoms in total. The molecule has 3 aromatic rings. The fourth-order valence-corrected chi connectivity index (χ4v) is 4.78. The number of amides is 1. The van der Waals surface area contributed by atoms with Crippen LogP contribution in [-0.2, 0) is 10.0 Å². The van der Waals surface area contributed by atoms with Crippen LogP contribution in [0.2, 0.25) is 0 Å². The molecular formula is C21H19BrN4O3S. The van der Waals surface area contributed by atoms with Crippen molar-refractivity contribution in [3.8, 4) is 0 Å². The lowest BCUT2D eigenvalue weighted by atomic mass is 10.1. The number of pyridine rings is 1. The molecule has 0 aliphatic carbocycles. The number of aryl methyl sites for hydroxylation is 1. The Morgan fingerprint density at radius 2 is 1.97 bits per heavy atom. The molecule has 0 fully saturated rings. The number of aliphatic imine (C=N–C) groups is 1. The number of nitrogens with one attached hydrogen (secondary N) is 2. The summed E-state index contributed by atoms with van der Waals surface area (Å²) in [7, 11) is -3.76. The Morgan fingerprint density at radius 3 is 2.73 bits per heavy atom. The topological polar surface area (TPSA) is 101 Å². The number of nitrogens with zero attached hydrogens (tertiary/aromatic N) is 2. The number of sulfonamides is 1. The van der Waals surface area contributed by atoms with Gasteiger partial charge in [-0.3, -0.25) is 19.5 Å². The van der Waals surface area contributed by atoms with Gasteiger partial charge in [0, 0.05) is 34.2 Å². The molecule has 0 unspecified atom stereocenters. The Hall–Kier alpha value is -2.78. The first-order valence-electron chi connectivity index (χ1n) is 9.36. The Morgan fingerprint density at radius 1 is 1.13 bits per heavy atom. The molecule has 0 saturated carbocycles. The molecule has 1 aromatic heterocycles. The van der Waals surface area contributed by atoms with Crippen LogP contribution in [0, 0.1) is 6.92 Å². The molecule has 2 aromatic carbocycles. The zero-order valence-corrected chi connectivity index (χ0v) is 18.5. The zero-order chi connectivity index (χ0) is 21.3. The summed E-state index contributed by atoms with van der Waals surface area (Å²) in [6.07, 6.45) is 1.45. The summed E-state index contributed by atoms with van der Waals surface area (Å²) < 4.78 is 28.6. The van der Waals surface area contributed by atoms with Gasteiger partial charge >= 0.3 is 0 Å². The third-order valence-electron chi connectivity index (χ3n) is 4.67. The highest BCUT2D eigenvalue weighted by Crippen LogP contribution is 2.24. The van der Waals surface area contributed by atoms with Gasteiger partial charge in [0.1, 0.15) is 5.84 Å². The highest BCUT2D eigenvalue weighted by atomic mass is 79.9. The van der Waals surface area contributed by atoms with Crippen LogP contribution in [0.1, 0.15) is 28.9 Å². The number of hydrogen-bond donors (Lipinski definition) is 2. The molecule has 154 valence electrons. The molecule has 0 saturated heterocycles. The smallest absolute Gasteiger partial charge is 0.262 e. The van der Waals surface area contributed by atoms with Crippen LogP contribution in [0.5, 0.6) is 0 Å². The van der Waals surface area contributed by atoms with Gasteiger partial charge < -0.3 is 5.32 Å². The predicted molar refractivity (Wildman–Crippen MR) is 120 cm³/mol. The Balaban J connectivity index is 1.62. The molecule has 0 atom stereocenters. The number of hydrogen-bond acceptors (Lipinski definition) is 5. The van der Waals surface area contributed by atoms with Gasteiger partial charge in [0.05, 0.1) is 16.0 Å². The third-order valence-corrected chi connectivity index (χ3v) is 6.55. The summed E-state index contributed by atoms with van der Waals surface area (Å²) in [5, 5.41) is 3.51. The van der Waals surface area contributed by atoms with Crippen LogP contribution in [0.3, 0.4) is 0 Å². The van der Waals surface area contributed by atoms with Gasteiger partial charge in [-0.15, -0.1) is 0 Å². The molecule has 1 amide bonds. The minimum atomic E-state index is -3.76. The maximum Gasteiger partial charge on any atom is 0.262 e. The number of amidine groups is 1. The van der Waals surface area contributed by atoms with Gasteiger partial charge in [-0.25, -0.2) is 8.42 Å². The van der Waals surface area contributed by atoms with E-state index in [0.717, 1.165) is 10.9 Å². The summed E-state index contributed by atoms with van der Waals surface area (Å²) in [5.74, 6) is 0.129. The second-order valence-electron chi connectivity index (χ2n) is 6.99. The van der Waals surface area contributed by atoms with Crippen LogP contribution in [-0.4, -0.2) is 31.7 Å². The van der Waals surface area contributed by atoms with Crippen molar-refractivity contribution in [1.29, 1.82) is 0 Å². The molecule has 1 aliphatic heterocycles. The van der Waals surface area contributed by atoms with E-state index in [1.165, 1.54) is 12.1 Å². The number of aromatic nitrogens is 1. The highest BCUT2D eigenvalue weighted by molar-refractivity contribution is 9.10.